The van der Waals surface area contributed by atoms with Crippen LogP contribution in [0, 0.1) is 0 Å². The lowest BCUT2D eigenvalue weighted by molar-refractivity contribution is 0.287. The summed E-state index contributed by atoms with van der Waals surface area (Å²) in [5.41, 5.74) is 7.92. The molecule has 1 aliphatic heterocycles. The fourth-order valence-electron chi connectivity index (χ4n) is 2.04. The van der Waals surface area contributed by atoms with Crippen molar-refractivity contribution in [2.45, 2.75) is 19.5 Å². The summed E-state index contributed by atoms with van der Waals surface area (Å²) in [7, 11) is 0. The van der Waals surface area contributed by atoms with Gasteiger partial charge in [0, 0.05) is 30.4 Å². The van der Waals surface area contributed by atoms with Gasteiger partial charge in [0.15, 0.2) is 0 Å². The predicted molar refractivity (Wildman–Crippen MR) is 76.6 cm³/mol. The summed E-state index contributed by atoms with van der Waals surface area (Å²) in [6, 6.07) is 6.18. The minimum absolute atomic E-state index is 0.556. The Hall–Kier alpha value is -0.220. The van der Waals surface area contributed by atoms with E-state index in [2.05, 4.69) is 17.0 Å². The van der Waals surface area contributed by atoms with Crippen LogP contribution in [0.3, 0.4) is 0 Å². The van der Waals surface area contributed by atoms with E-state index in [4.69, 9.17) is 17.3 Å². The molecule has 0 spiro atoms. The SMILES string of the molecule is NCc1ccc(CN2CCCSCC2)c(Cl)c1. The number of hydrogen-bond donors (Lipinski definition) is 1. The Morgan fingerprint density at radius 2 is 2.18 bits per heavy atom. The summed E-state index contributed by atoms with van der Waals surface area (Å²) in [4.78, 5) is 2.49. The van der Waals surface area contributed by atoms with Crippen molar-refractivity contribution in [3.8, 4) is 0 Å². The van der Waals surface area contributed by atoms with Crippen LogP contribution in [-0.2, 0) is 13.1 Å². The van der Waals surface area contributed by atoms with E-state index in [1.54, 1.807) is 0 Å². The standard InChI is InChI=1S/C13H19ClN2S/c14-13-8-11(9-15)2-3-12(13)10-16-4-1-6-17-7-5-16/h2-3,8H,1,4-7,9-10,15H2. The molecule has 0 amide bonds. The fraction of sp³-hybridized carbons (Fsp3) is 0.538. The topological polar surface area (TPSA) is 29.3 Å². The fourth-order valence-corrected chi connectivity index (χ4v) is 3.23. The Bertz CT molecular complexity index is 362. The van der Waals surface area contributed by atoms with Gasteiger partial charge >= 0.3 is 0 Å². The van der Waals surface area contributed by atoms with Crippen molar-refractivity contribution in [2.75, 3.05) is 24.6 Å². The number of thioether (sulfide) groups is 1. The van der Waals surface area contributed by atoms with Crippen LogP contribution in [-0.4, -0.2) is 29.5 Å². The molecule has 0 bridgehead atoms. The van der Waals surface area contributed by atoms with Crippen LogP contribution in [0.4, 0.5) is 0 Å². The minimum atomic E-state index is 0.556. The summed E-state index contributed by atoms with van der Waals surface area (Å²) < 4.78 is 0. The second kappa shape index (κ2) is 6.64. The smallest absolute Gasteiger partial charge is 0.0454 e. The van der Waals surface area contributed by atoms with Crippen molar-refractivity contribution in [1.82, 2.24) is 4.90 Å². The Kier molecular flexibility index (Phi) is 5.16. The summed E-state index contributed by atoms with van der Waals surface area (Å²) in [5, 5.41) is 0.852. The minimum Gasteiger partial charge on any atom is -0.326 e. The average molecular weight is 271 g/mol. The number of rotatable bonds is 3. The van der Waals surface area contributed by atoms with Gasteiger partial charge in [0.1, 0.15) is 0 Å². The zero-order valence-corrected chi connectivity index (χ0v) is 11.6. The van der Waals surface area contributed by atoms with Crippen molar-refractivity contribution in [3.05, 3.63) is 34.3 Å². The summed E-state index contributed by atoms with van der Waals surface area (Å²) in [6.45, 7) is 3.87. The lowest BCUT2D eigenvalue weighted by Gasteiger charge is -2.20. The van der Waals surface area contributed by atoms with Gasteiger partial charge in [-0.2, -0.15) is 11.8 Å². The second-order valence-electron chi connectivity index (χ2n) is 4.37. The molecule has 4 heteroatoms. The molecule has 0 aliphatic carbocycles. The van der Waals surface area contributed by atoms with Crippen molar-refractivity contribution >= 4 is 23.4 Å². The molecule has 0 saturated carbocycles. The third-order valence-corrected chi connectivity index (χ3v) is 4.46. The van der Waals surface area contributed by atoms with E-state index in [1.165, 1.54) is 36.6 Å². The van der Waals surface area contributed by atoms with E-state index in [-0.39, 0.29) is 0 Å². The van der Waals surface area contributed by atoms with Gasteiger partial charge in [-0.3, -0.25) is 4.90 Å². The number of benzene rings is 1. The zero-order valence-electron chi connectivity index (χ0n) is 9.99. The van der Waals surface area contributed by atoms with E-state index in [1.807, 2.05) is 17.8 Å². The predicted octanol–water partition coefficient (Wildman–Crippen LogP) is 2.74. The van der Waals surface area contributed by atoms with Crippen LogP contribution in [0.2, 0.25) is 5.02 Å². The molecule has 2 N–H and O–H groups in total. The van der Waals surface area contributed by atoms with Gasteiger partial charge in [0.05, 0.1) is 0 Å². The molecule has 17 heavy (non-hydrogen) atoms. The lowest BCUT2D eigenvalue weighted by atomic mass is 10.1. The van der Waals surface area contributed by atoms with Crippen LogP contribution in [0.15, 0.2) is 18.2 Å². The summed E-state index contributed by atoms with van der Waals surface area (Å²) in [5.74, 6) is 2.52. The Labute approximate surface area is 113 Å². The van der Waals surface area contributed by atoms with Gasteiger partial charge < -0.3 is 5.73 Å². The molecular weight excluding hydrogens is 252 g/mol. The Morgan fingerprint density at radius 1 is 1.29 bits per heavy atom. The highest BCUT2D eigenvalue weighted by Crippen LogP contribution is 2.21. The quantitative estimate of drug-likeness (QED) is 0.916. The summed E-state index contributed by atoms with van der Waals surface area (Å²) in [6.07, 6.45) is 1.28. The van der Waals surface area contributed by atoms with E-state index in [0.717, 1.165) is 17.1 Å². The third-order valence-electron chi connectivity index (χ3n) is 3.06. The largest absolute Gasteiger partial charge is 0.326 e. The molecule has 1 aromatic carbocycles. The van der Waals surface area contributed by atoms with E-state index in [9.17, 15) is 0 Å². The molecular formula is C13H19ClN2S. The van der Waals surface area contributed by atoms with Gasteiger partial charge in [-0.25, -0.2) is 0 Å². The summed E-state index contributed by atoms with van der Waals surface area (Å²) >= 11 is 8.33. The van der Waals surface area contributed by atoms with Crippen molar-refractivity contribution in [1.29, 1.82) is 0 Å². The second-order valence-corrected chi connectivity index (χ2v) is 6.00. The van der Waals surface area contributed by atoms with Crippen LogP contribution in [0.1, 0.15) is 17.5 Å². The highest BCUT2D eigenvalue weighted by atomic mass is 35.5. The van der Waals surface area contributed by atoms with Gasteiger partial charge in [-0.05, 0) is 35.9 Å². The highest BCUT2D eigenvalue weighted by Gasteiger charge is 2.11. The van der Waals surface area contributed by atoms with Crippen molar-refractivity contribution < 1.29 is 0 Å². The van der Waals surface area contributed by atoms with Crippen LogP contribution < -0.4 is 5.73 Å². The number of nitrogens with zero attached hydrogens (tertiary/aromatic N) is 1. The van der Waals surface area contributed by atoms with E-state index in [0.29, 0.717) is 6.54 Å². The maximum atomic E-state index is 6.28. The van der Waals surface area contributed by atoms with Gasteiger partial charge in [0.2, 0.25) is 0 Å². The first-order chi connectivity index (χ1) is 8.29. The van der Waals surface area contributed by atoms with Gasteiger partial charge in [-0.15, -0.1) is 0 Å². The van der Waals surface area contributed by atoms with E-state index < -0.39 is 0 Å². The molecule has 94 valence electrons. The van der Waals surface area contributed by atoms with E-state index >= 15 is 0 Å². The lowest BCUT2D eigenvalue weighted by Crippen LogP contribution is -2.25. The molecule has 1 heterocycles. The molecule has 2 nitrogen and oxygen atoms in total. The normalized spacial score (nSPS) is 18.0. The molecule has 0 aromatic heterocycles. The van der Waals surface area contributed by atoms with Crippen molar-refractivity contribution in [2.24, 2.45) is 5.73 Å². The van der Waals surface area contributed by atoms with Gasteiger partial charge in [-0.1, -0.05) is 23.7 Å². The van der Waals surface area contributed by atoms with Crippen LogP contribution in [0.25, 0.3) is 0 Å². The van der Waals surface area contributed by atoms with Crippen LogP contribution in [0.5, 0.6) is 0 Å². The number of nitrogens with two attached hydrogens (primary N) is 1. The van der Waals surface area contributed by atoms with Crippen LogP contribution >= 0.6 is 23.4 Å². The van der Waals surface area contributed by atoms with Gasteiger partial charge in [0.25, 0.3) is 0 Å². The Balaban J connectivity index is 2.01. The molecule has 0 unspecified atom stereocenters. The first-order valence-electron chi connectivity index (χ1n) is 6.07. The number of halogens is 1. The Morgan fingerprint density at radius 3 is 2.94 bits per heavy atom. The molecule has 1 aromatic rings. The van der Waals surface area contributed by atoms with Crippen molar-refractivity contribution in [3.63, 3.8) is 0 Å². The molecule has 0 atom stereocenters. The third kappa shape index (κ3) is 3.88. The molecule has 0 radical (unpaired) electrons. The zero-order chi connectivity index (χ0) is 12.1. The maximum Gasteiger partial charge on any atom is 0.0454 e. The highest BCUT2D eigenvalue weighted by molar-refractivity contribution is 7.99. The molecule has 2 rings (SSSR count). The molecule has 1 saturated heterocycles. The first kappa shape index (κ1) is 13.2. The maximum absolute atomic E-state index is 6.28. The number of hydrogen-bond acceptors (Lipinski definition) is 3. The average Bonchev–Trinajstić information content (AvgIpc) is 2.60. The monoisotopic (exact) mass is 270 g/mol. The first-order valence-corrected chi connectivity index (χ1v) is 7.60. The molecule has 1 aliphatic rings. The molecule has 1 fully saturated rings.